The summed E-state index contributed by atoms with van der Waals surface area (Å²) in [5.74, 6) is 0.644. The highest BCUT2D eigenvalue weighted by Crippen LogP contribution is 2.06. The van der Waals surface area contributed by atoms with Gasteiger partial charge in [0.2, 0.25) is 0 Å². The van der Waals surface area contributed by atoms with E-state index in [-0.39, 0.29) is 12.1 Å². The Hall–Kier alpha value is -0.610. The Balaban J connectivity index is 2.48. The largest absolute Gasteiger partial charge is 0.385 e. The molecule has 15 heavy (non-hydrogen) atoms. The molecule has 0 bridgehead atoms. The molecule has 1 aliphatic rings. The maximum absolute atomic E-state index is 5.91. The molecule has 2 N–H and O–H groups in total. The molecule has 1 aliphatic heterocycles. The van der Waals surface area contributed by atoms with E-state index < -0.39 is 0 Å². The SMILES string of the molecule is CCCN1CCOC(C(N)=NC(C)C)C1. The number of morpholine rings is 1. The Bertz CT molecular complexity index is 214. The Kier molecular flexibility index (Phi) is 5.05. The van der Waals surface area contributed by atoms with Gasteiger partial charge in [-0.3, -0.25) is 9.89 Å². The van der Waals surface area contributed by atoms with Crippen molar-refractivity contribution in [3.05, 3.63) is 0 Å². The highest BCUT2D eigenvalue weighted by molar-refractivity contribution is 5.85. The molecule has 0 aromatic rings. The highest BCUT2D eigenvalue weighted by atomic mass is 16.5. The average molecular weight is 213 g/mol. The van der Waals surface area contributed by atoms with Gasteiger partial charge in [0.25, 0.3) is 0 Å². The van der Waals surface area contributed by atoms with E-state index in [0.717, 1.165) is 26.2 Å². The zero-order valence-electron chi connectivity index (χ0n) is 10.1. The van der Waals surface area contributed by atoms with E-state index in [1.54, 1.807) is 0 Å². The summed E-state index contributed by atoms with van der Waals surface area (Å²) in [6.45, 7) is 10.0. The van der Waals surface area contributed by atoms with Crippen LogP contribution < -0.4 is 5.73 Å². The normalized spacial score (nSPS) is 24.8. The van der Waals surface area contributed by atoms with Crippen molar-refractivity contribution >= 4 is 5.84 Å². The highest BCUT2D eigenvalue weighted by Gasteiger charge is 2.22. The summed E-state index contributed by atoms with van der Waals surface area (Å²) < 4.78 is 5.62. The predicted octanol–water partition coefficient (Wildman–Crippen LogP) is 0.863. The Morgan fingerprint density at radius 2 is 2.33 bits per heavy atom. The minimum atomic E-state index is -0.00676. The first kappa shape index (κ1) is 12.5. The number of hydrogen-bond acceptors (Lipinski definition) is 3. The molecule has 1 unspecified atom stereocenters. The van der Waals surface area contributed by atoms with Gasteiger partial charge in [0.1, 0.15) is 11.9 Å². The molecule has 0 aromatic heterocycles. The third-order valence-corrected chi connectivity index (χ3v) is 2.43. The van der Waals surface area contributed by atoms with Crippen LogP contribution in [0.3, 0.4) is 0 Å². The maximum Gasteiger partial charge on any atom is 0.127 e. The molecule has 4 heteroatoms. The van der Waals surface area contributed by atoms with Gasteiger partial charge >= 0.3 is 0 Å². The molecule has 0 aliphatic carbocycles. The molecule has 1 atom stereocenters. The number of amidine groups is 1. The first-order valence-corrected chi connectivity index (χ1v) is 5.80. The molecule has 0 spiro atoms. The van der Waals surface area contributed by atoms with E-state index in [4.69, 9.17) is 10.5 Å². The van der Waals surface area contributed by atoms with E-state index in [2.05, 4.69) is 16.8 Å². The monoisotopic (exact) mass is 213 g/mol. The van der Waals surface area contributed by atoms with Crippen LogP contribution >= 0.6 is 0 Å². The topological polar surface area (TPSA) is 50.9 Å². The van der Waals surface area contributed by atoms with Gasteiger partial charge in [-0.1, -0.05) is 6.92 Å². The quantitative estimate of drug-likeness (QED) is 0.557. The molecule has 1 heterocycles. The van der Waals surface area contributed by atoms with Crippen LogP contribution in [0.5, 0.6) is 0 Å². The van der Waals surface area contributed by atoms with Crippen molar-refractivity contribution in [2.75, 3.05) is 26.2 Å². The minimum Gasteiger partial charge on any atom is -0.385 e. The Labute approximate surface area is 92.5 Å². The predicted molar refractivity (Wildman–Crippen MR) is 63.2 cm³/mol. The fourth-order valence-corrected chi connectivity index (χ4v) is 1.78. The van der Waals surface area contributed by atoms with Gasteiger partial charge < -0.3 is 10.5 Å². The third-order valence-electron chi connectivity index (χ3n) is 2.43. The van der Waals surface area contributed by atoms with Gasteiger partial charge in [0.15, 0.2) is 0 Å². The lowest BCUT2D eigenvalue weighted by Gasteiger charge is -2.32. The number of rotatable bonds is 4. The van der Waals surface area contributed by atoms with E-state index in [1.165, 1.54) is 6.42 Å². The van der Waals surface area contributed by atoms with Crippen molar-refractivity contribution < 1.29 is 4.74 Å². The van der Waals surface area contributed by atoms with Crippen molar-refractivity contribution in [3.63, 3.8) is 0 Å². The van der Waals surface area contributed by atoms with Gasteiger partial charge in [-0.25, -0.2) is 0 Å². The minimum absolute atomic E-state index is 0.00676. The molecule has 1 rings (SSSR count). The summed E-state index contributed by atoms with van der Waals surface area (Å²) in [4.78, 5) is 6.72. The van der Waals surface area contributed by atoms with Gasteiger partial charge in [0.05, 0.1) is 6.61 Å². The lowest BCUT2D eigenvalue weighted by molar-refractivity contribution is 0.00597. The molecule has 4 nitrogen and oxygen atoms in total. The number of ether oxygens (including phenoxy) is 1. The Morgan fingerprint density at radius 1 is 1.60 bits per heavy atom. The summed E-state index contributed by atoms with van der Waals surface area (Å²) in [6.07, 6.45) is 1.17. The van der Waals surface area contributed by atoms with E-state index in [0.29, 0.717) is 5.84 Å². The van der Waals surface area contributed by atoms with Gasteiger partial charge in [-0.2, -0.15) is 0 Å². The fraction of sp³-hybridized carbons (Fsp3) is 0.909. The van der Waals surface area contributed by atoms with Crippen LogP contribution in [0.4, 0.5) is 0 Å². The second-order valence-corrected chi connectivity index (χ2v) is 4.31. The fourth-order valence-electron chi connectivity index (χ4n) is 1.78. The van der Waals surface area contributed by atoms with Gasteiger partial charge in [-0.05, 0) is 26.8 Å². The molecule has 88 valence electrons. The van der Waals surface area contributed by atoms with Crippen LogP contribution in [0.1, 0.15) is 27.2 Å². The van der Waals surface area contributed by atoms with Crippen LogP contribution in [0.15, 0.2) is 4.99 Å². The van der Waals surface area contributed by atoms with E-state index in [9.17, 15) is 0 Å². The lowest BCUT2D eigenvalue weighted by Crippen LogP contribution is -2.48. The summed E-state index contributed by atoms with van der Waals surface area (Å²) in [6, 6.07) is 0.246. The molecule has 0 amide bonds. The van der Waals surface area contributed by atoms with Crippen molar-refractivity contribution in [2.24, 2.45) is 10.7 Å². The zero-order chi connectivity index (χ0) is 11.3. The molecule has 0 saturated carbocycles. The lowest BCUT2D eigenvalue weighted by atomic mass is 10.2. The molecule has 0 radical (unpaired) electrons. The number of nitrogens with two attached hydrogens (primary N) is 1. The first-order chi connectivity index (χ1) is 7.13. The standard InChI is InChI=1S/C11H23N3O/c1-4-5-14-6-7-15-10(8-14)11(12)13-9(2)3/h9-10H,4-8H2,1-3H3,(H2,12,13). The second kappa shape index (κ2) is 6.08. The molecular formula is C11H23N3O. The zero-order valence-corrected chi connectivity index (χ0v) is 10.1. The summed E-state index contributed by atoms with van der Waals surface area (Å²) in [5, 5.41) is 0. The average Bonchev–Trinajstić information content (AvgIpc) is 2.17. The third kappa shape index (κ3) is 4.18. The van der Waals surface area contributed by atoms with Gasteiger partial charge in [-0.15, -0.1) is 0 Å². The van der Waals surface area contributed by atoms with Crippen LogP contribution in [0.25, 0.3) is 0 Å². The van der Waals surface area contributed by atoms with Crippen LogP contribution in [-0.2, 0) is 4.74 Å². The Morgan fingerprint density at radius 3 is 2.93 bits per heavy atom. The summed E-state index contributed by atoms with van der Waals surface area (Å²) >= 11 is 0. The molecule has 1 fully saturated rings. The maximum atomic E-state index is 5.91. The van der Waals surface area contributed by atoms with E-state index in [1.807, 2.05) is 13.8 Å². The summed E-state index contributed by atoms with van der Waals surface area (Å²) in [5.41, 5.74) is 5.91. The molecule has 0 aromatic carbocycles. The van der Waals surface area contributed by atoms with Crippen molar-refractivity contribution in [1.29, 1.82) is 0 Å². The smallest absolute Gasteiger partial charge is 0.127 e. The van der Waals surface area contributed by atoms with Crippen LogP contribution in [0.2, 0.25) is 0 Å². The van der Waals surface area contributed by atoms with Gasteiger partial charge in [0, 0.05) is 19.1 Å². The van der Waals surface area contributed by atoms with E-state index >= 15 is 0 Å². The second-order valence-electron chi connectivity index (χ2n) is 4.31. The number of hydrogen-bond donors (Lipinski definition) is 1. The van der Waals surface area contributed by atoms with Crippen molar-refractivity contribution in [1.82, 2.24) is 4.90 Å². The number of aliphatic imine (C=N–C) groups is 1. The van der Waals surface area contributed by atoms with Crippen molar-refractivity contribution in [2.45, 2.75) is 39.3 Å². The summed E-state index contributed by atoms with van der Waals surface area (Å²) in [7, 11) is 0. The van der Waals surface area contributed by atoms with Crippen LogP contribution in [0, 0.1) is 0 Å². The van der Waals surface area contributed by atoms with Crippen molar-refractivity contribution in [3.8, 4) is 0 Å². The molecule has 1 saturated heterocycles. The molecular weight excluding hydrogens is 190 g/mol. The number of nitrogens with zero attached hydrogens (tertiary/aromatic N) is 2. The first-order valence-electron chi connectivity index (χ1n) is 5.80. The van der Waals surface area contributed by atoms with Crippen LogP contribution in [-0.4, -0.2) is 49.1 Å².